The average Bonchev–Trinajstić information content (AvgIpc) is 3.22. The number of aliphatic hydroxyl groups is 6. The van der Waals surface area contributed by atoms with Crippen LogP contribution in [-0.2, 0) is 33.4 Å². The van der Waals surface area contributed by atoms with E-state index < -0.39 is 106 Å². The van der Waals surface area contributed by atoms with E-state index in [1.807, 2.05) is 26.8 Å². The van der Waals surface area contributed by atoms with Crippen molar-refractivity contribution in [3.63, 3.8) is 0 Å². The summed E-state index contributed by atoms with van der Waals surface area (Å²) < 4.78 is 17.0. The number of fused-ring (bicyclic) bond motifs is 5. The van der Waals surface area contributed by atoms with Crippen molar-refractivity contribution in [2.45, 2.75) is 155 Å². The quantitative estimate of drug-likeness (QED) is 0.147. The van der Waals surface area contributed by atoms with Gasteiger partial charge in [-0.1, -0.05) is 32.4 Å². The topological polar surface area (TPSA) is 217 Å². The summed E-state index contributed by atoms with van der Waals surface area (Å²) in [7, 11) is 0. The second kappa shape index (κ2) is 13.0. The molecule has 1 aliphatic heterocycles. The Morgan fingerprint density at radius 2 is 1.61 bits per heavy atom. The third-order valence-corrected chi connectivity index (χ3v) is 14.1. The van der Waals surface area contributed by atoms with E-state index in [9.17, 15) is 49.8 Å². The number of rotatable bonds is 9. The normalized spacial score (nSPS) is 44.8. The Labute approximate surface area is 299 Å². The lowest BCUT2D eigenvalue weighted by molar-refractivity contribution is -0.311. The van der Waals surface area contributed by atoms with Crippen LogP contribution >= 0.6 is 0 Å². The number of hydrogen-bond donors (Lipinski definition) is 6. The highest BCUT2D eigenvalue weighted by Crippen LogP contribution is 2.74. The summed E-state index contributed by atoms with van der Waals surface area (Å²) in [4.78, 5) is 54.1. The summed E-state index contributed by atoms with van der Waals surface area (Å²) in [5.74, 6) is -3.22. The SMILES string of the molecule is CC(=O)OC(C)(C)CCC(=O)C(C)(O)C1C(O)CC2(C)C3CC=C4C(CC(OC5OC(CO)C(O)C(O)C5O)C(=O)C4(C)C)C3(C)C(=O)CC12C. The van der Waals surface area contributed by atoms with E-state index in [1.54, 1.807) is 27.7 Å². The smallest absolute Gasteiger partial charge is 0.303 e. The maximum Gasteiger partial charge on any atom is 0.303 e. The standard InChI is InChI=1S/C38H58O13/c1-18(40)51-33(2,3)13-12-25(42)38(9,48)30-21(41)15-35(6)24-11-10-19-20(37(24,8)26(43)16-36(30,35)7)14-22(31(47)34(19,4)5)49-32-29(46)28(45)27(44)23(17-39)50-32/h10,20-24,27-30,32,39,41,44-46,48H,11-17H2,1-9H3. The molecule has 14 atom stereocenters. The maximum absolute atomic E-state index is 14.8. The molecule has 288 valence electrons. The van der Waals surface area contributed by atoms with Gasteiger partial charge in [-0.3, -0.25) is 19.2 Å². The van der Waals surface area contributed by atoms with Gasteiger partial charge in [0, 0.05) is 36.5 Å². The molecule has 4 fully saturated rings. The molecule has 5 aliphatic rings. The summed E-state index contributed by atoms with van der Waals surface area (Å²) in [5.41, 5.74) is -5.98. The molecule has 14 unspecified atom stereocenters. The maximum atomic E-state index is 14.8. The molecule has 0 aromatic heterocycles. The van der Waals surface area contributed by atoms with E-state index in [-0.39, 0.29) is 49.6 Å². The lowest BCUT2D eigenvalue weighted by atomic mass is 9.38. The largest absolute Gasteiger partial charge is 0.460 e. The Hall–Kier alpha value is -2.10. The molecule has 0 bridgehead atoms. The Bertz CT molecular complexity index is 1460. The highest BCUT2D eigenvalue weighted by Gasteiger charge is 2.74. The van der Waals surface area contributed by atoms with Crippen molar-refractivity contribution in [2.75, 3.05) is 6.61 Å². The Morgan fingerprint density at radius 1 is 0.980 bits per heavy atom. The van der Waals surface area contributed by atoms with Crippen LogP contribution in [0.15, 0.2) is 11.6 Å². The van der Waals surface area contributed by atoms with Crippen molar-refractivity contribution in [2.24, 2.45) is 39.4 Å². The van der Waals surface area contributed by atoms with Crippen molar-refractivity contribution in [3.8, 4) is 0 Å². The molecule has 5 rings (SSSR count). The van der Waals surface area contributed by atoms with Crippen LogP contribution in [0.25, 0.3) is 0 Å². The Kier molecular flexibility index (Phi) is 10.2. The summed E-state index contributed by atoms with van der Waals surface area (Å²) in [6, 6.07) is 0. The van der Waals surface area contributed by atoms with Gasteiger partial charge >= 0.3 is 5.97 Å². The lowest BCUT2D eigenvalue weighted by Crippen LogP contribution is -2.66. The monoisotopic (exact) mass is 722 g/mol. The minimum atomic E-state index is -1.99. The van der Waals surface area contributed by atoms with Gasteiger partial charge in [-0.05, 0) is 83.0 Å². The average molecular weight is 723 g/mol. The van der Waals surface area contributed by atoms with Crippen molar-refractivity contribution in [3.05, 3.63) is 11.6 Å². The molecule has 0 aromatic rings. The number of esters is 1. The predicted octanol–water partition coefficient (Wildman–Crippen LogP) is 1.55. The number of hydrogen-bond acceptors (Lipinski definition) is 13. The Morgan fingerprint density at radius 3 is 2.20 bits per heavy atom. The van der Waals surface area contributed by atoms with Crippen LogP contribution < -0.4 is 0 Å². The molecular formula is C38H58O13. The van der Waals surface area contributed by atoms with Crippen molar-refractivity contribution < 1.29 is 64.0 Å². The number of aliphatic hydroxyl groups excluding tert-OH is 5. The molecule has 1 heterocycles. The summed E-state index contributed by atoms with van der Waals surface area (Å²) in [5, 5.41) is 64.8. The zero-order valence-electron chi connectivity index (χ0n) is 31.3. The zero-order valence-corrected chi connectivity index (χ0v) is 31.3. The molecule has 13 nitrogen and oxygen atoms in total. The summed E-state index contributed by atoms with van der Waals surface area (Å²) in [6.07, 6.45) is -7.25. The fourth-order valence-electron chi connectivity index (χ4n) is 11.1. The molecule has 0 amide bonds. The van der Waals surface area contributed by atoms with Gasteiger partial charge in [0.1, 0.15) is 47.5 Å². The molecule has 0 spiro atoms. The van der Waals surface area contributed by atoms with Crippen molar-refractivity contribution in [1.82, 2.24) is 0 Å². The Balaban J connectivity index is 1.46. The van der Waals surface area contributed by atoms with Gasteiger partial charge in [-0.2, -0.15) is 0 Å². The predicted molar refractivity (Wildman–Crippen MR) is 180 cm³/mol. The molecule has 0 aromatic carbocycles. The van der Waals surface area contributed by atoms with E-state index in [2.05, 4.69) is 0 Å². The van der Waals surface area contributed by atoms with E-state index >= 15 is 0 Å². The third kappa shape index (κ3) is 6.07. The van der Waals surface area contributed by atoms with E-state index in [0.717, 1.165) is 5.57 Å². The van der Waals surface area contributed by atoms with Crippen LogP contribution in [0.5, 0.6) is 0 Å². The van der Waals surface area contributed by atoms with Crippen LogP contribution in [0, 0.1) is 39.4 Å². The minimum absolute atomic E-state index is 0.0308. The van der Waals surface area contributed by atoms with Crippen molar-refractivity contribution in [1.29, 1.82) is 0 Å². The van der Waals surface area contributed by atoms with Gasteiger partial charge in [0.05, 0.1) is 12.7 Å². The summed E-state index contributed by atoms with van der Waals surface area (Å²) >= 11 is 0. The van der Waals surface area contributed by atoms with Gasteiger partial charge < -0.3 is 44.8 Å². The fourth-order valence-corrected chi connectivity index (χ4v) is 11.1. The highest BCUT2D eigenvalue weighted by molar-refractivity contribution is 5.95. The van der Waals surface area contributed by atoms with Gasteiger partial charge in [0.2, 0.25) is 0 Å². The second-order valence-corrected chi connectivity index (χ2v) is 17.9. The van der Waals surface area contributed by atoms with Crippen molar-refractivity contribution >= 4 is 23.3 Å². The van der Waals surface area contributed by atoms with E-state index in [0.29, 0.717) is 6.42 Å². The van der Waals surface area contributed by atoms with Crippen LogP contribution in [0.3, 0.4) is 0 Å². The first-order valence-corrected chi connectivity index (χ1v) is 18.2. The first-order valence-electron chi connectivity index (χ1n) is 18.2. The third-order valence-electron chi connectivity index (χ3n) is 14.1. The molecule has 13 heteroatoms. The number of carbonyl (C=O) groups excluding carboxylic acids is 4. The number of ether oxygens (including phenoxy) is 3. The fraction of sp³-hybridized carbons (Fsp3) is 0.842. The van der Waals surface area contributed by atoms with Gasteiger partial charge in [-0.15, -0.1) is 0 Å². The van der Waals surface area contributed by atoms with Gasteiger partial charge in [0.15, 0.2) is 17.9 Å². The molecule has 1 saturated heterocycles. The first kappa shape index (κ1) is 40.1. The van der Waals surface area contributed by atoms with Crippen LogP contribution in [0.4, 0.5) is 0 Å². The lowest BCUT2D eigenvalue weighted by Gasteiger charge is -2.64. The zero-order chi connectivity index (χ0) is 38.4. The molecule has 4 aliphatic carbocycles. The minimum Gasteiger partial charge on any atom is -0.460 e. The van der Waals surface area contributed by atoms with Crippen LogP contribution in [-0.4, -0.2) is 115 Å². The second-order valence-electron chi connectivity index (χ2n) is 17.9. The molecule has 6 N–H and O–H groups in total. The summed E-state index contributed by atoms with van der Waals surface area (Å²) in [6.45, 7) is 14.7. The van der Waals surface area contributed by atoms with E-state index in [4.69, 9.17) is 14.2 Å². The number of carbonyl (C=O) groups is 4. The molecular weight excluding hydrogens is 664 g/mol. The molecule has 0 radical (unpaired) electrons. The molecule has 3 saturated carbocycles. The van der Waals surface area contributed by atoms with Gasteiger partial charge in [-0.25, -0.2) is 0 Å². The molecule has 51 heavy (non-hydrogen) atoms. The number of allylic oxidation sites excluding steroid dienone is 2. The number of ketones is 3. The number of Topliss-reactive ketones (excluding diaryl/α,β-unsaturated/α-hetero) is 3. The highest BCUT2D eigenvalue weighted by atomic mass is 16.7. The van der Waals surface area contributed by atoms with Crippen LogP contribution in [0.2, 0.25) is 0 Å². The van der Waals surface area contributed by atoms with Gasteiger partial charge in [0.25, 0.3) is 0 Å². The van der Waals surface area contributed by atoms with Crippen LogP contribution in [0.1, 0.15) is 101 Å². The van der Waals surface area contributed by atoms with E-state index in [1.165, 1.54) is 13.8 Å². The first-order chi connectivity index (χ1) is 23.3.